The second kappa shape index (κ2) is 6.31. The van der Waals surface area contributed by atoms with Crippen LogP contribution in [-0.2, 0) is 5.66 Å². The Morgan fingerprint density at radius 2 is 1.14 bits per heavy atom. The van der Waals surface area contributed by atoms with Gasteiger partial charge in [0.25, 0.3) is 5.65 Å². The minimum atomic E-state index is -0.730. The molecule has 5 aromatic carbocycles. The number of para-hydroxylation sites is 4. The van der Waals surface area contributed by atoms with Gasteiger partial charge in [-0.3, -0.25) is 0 Å². The first-order chi connectivity index (χ1) is 21.9. The highest BCUT2D eigenvalue weighted by molar-refractivity contribution is 6.19. The Balaban J connectivity index is 1.45. The van der Waals surface area contributed by atoms with Crippen molar-refractivity contribution < 1.29 is 13.9 Å². The van der Waals surface area contributed by atoms with Crippen LogP contribution in [0.2, 0.25) is 0 Å². The van der Waals surface area contributed by atoms with Crippen LogP contribution in [0.5, 0.6) is 11.5 Å². The van der Waals surface area contributed by atoms with Crippen molar-refractivity contribution in [2.75, 3.05) is 0 Å². The lowest BCUT2D eigenvalue weighted by molar-refractivity contribution is -0.923. The van der Waals surface area contributed by atoms with E-state index in [4.69, 9.17) is 9.84 Å². The highest BCUT2D eigenvalue weighted by Gasteiger charge is 2.67. The smallest absolute Gasteiger partial charge is 0.316 e. The summed E-state index contributed by atoms with van der Waals surface area (Å²) in [5.41, 5.74) is 10.5. The zero-order valence-electron chi connectivity index (χ0n) is 23.0. The van der Waals surface area contributed by atoms with Crippen LogP contribution in [0.4, 0.5) is 0 Å². The average Bonchev–Trinajstić information content (AvgIpc) is 3.79. The summed E-state index contributed by atoms with van der Waals surface area (Å²) in [5, 5.41) is 16.5. The first-order valence-electron chi connectivity index (χ1n) is 14.9. The highest BCUT2D eigenvalue weighted by atomic mass is 16.5. The van der Waals surface area contributed by atoms with Gasteiger partial charge in [-0.05, 0) is 48.5 Å². The van der Waals surface area contributed by atoms with Crippen molar-refractivity contribution in [3.05, 3.63) is 120 Å². The monoisotopic (exact) mass is 562 g/mol. The van der Waals surface area contributed by atoms with Crippen LogP contribution in [0, 0.1) is 0 Å². The SMILES string of the molecule is c1ccc2c(c1)c1ccc3c4c1c1n2c2ccccc2[n+]1C41c2c(ccc4c5ccccc5n5c6nnccc6[n+]1c5c24)O3. The van der Waals surface area contributed by atoms with Crippen molar-refractivity contribution in [2.24, 2.45) is 0 Å². The maximum atomic E-state index is 6.92. The molecule has 13 rings (SSSR count). The lowest BCUT2D eigenvalue weighted by atomic mass is 9.85. The van der Waals surface area contributed by atoms with Gasteiger partial charge in [-0.2, -0.15) is 23.0 Å². The number of imidazole rings is 2. The van der Waals surface area contributed by atoms with Crippen LogP contribution in [0.15, 0.2) is 109 Å². The Morgan fingerprint density at radius 1 is 0.545 bits per heavy atom. The number of nitrogens with zero attached hydrogens (tertiary/aromatic N) is 6. The molecule has 7 heteroatoms. The minimum Gasteiger partial charge on any atom is -0.456 e. The van der Waals surface area contributed by atoms with Crippen molar-refractivity contribution in [1.82, 2.24) is 19.0 Å². The molecule has 0 aliphatic carbocycles. The molecule has 0 fully saturated rings. The Bertz CT molecular complexity index is 2890. The van der Waals surface area contributed by atoms with Gasteiger partial charge in [0.05, 0.1) is 17.0 Å². The number of hydrogen-bond acceptors (Lipinski definition) is 3. The minimum absolute atomic E-state index is 0.730. The van der Waals surface area contributed by atoms with Gasteiger partial charge in [0.1, 0.15) is 33.7 Å². The van der Waals surface area contributed by atoms with Crippen LogP contribution in [0.3, 0.4) is 0 Å². The molecule has 44 heavy (non-hydrogen) atoms. The van der Waals surface area contributed by atoms with E-state index in [0.29, 0.717) is 0 Å². The largest absolute Gasteiger partial charge is 0.456 e. The zero-order chi connectivity index (χ0) is 28.1. The van der Waals surface area contributed by atoms with E-state index in [2.05, 4.69) is 126 Å². The number of rotatable bonds is 0. The summed E-state index contributed by atoms with van der Waals surface area (Å²) in [4.78, 5) is 0. The molecule has 0 bridgehead atoms. The fourth-order valence-corrected chi connectivity index (χ4v) is 9.24. The Labute approximate surface area is 247 Å². The van der Waals surface area contributed by atoms with Crippen molar-refractivity contribution >= 4 is 76.8 Å². The van der Waals surface area contributed by atoms with Gasteiger partial charge in [-0.15, -0.1) is 5.10 Å². The van der Waals surface area contributed by atoms with E-state index in [0.717, 1.165) is 33.8 Å². The van der Waals surface area contributed by atoms with Crippen molar-refractivity contribution in [1.29, 1.82) is 0 Å². The molecule has 3 aliphatic heterocycles. The molecule has 1 spiro atoms. The molecular weight excluding hydrogens is 544 g/mol. The Kier molecular flexibility index (Phi) is 2.97. The fraction of sp³-hybridized carbons (Fsp3) is 0.0270. The fourth-order valence-electron chi connectivity index (χ4n) is 9.24. The summed E-state index contributed by atoms with van der Waals surface area (Å²) in [6.45, 7) is 0. The summed E-state index contributed by atoms with van der Waals surface area (Å²) in [7, 11) is 0. The summed E-state index contributed by atoms with van der Waals surface area (Å²) < 4.78 is 16.9. The topological polar surface area (TPSA) is 51.6 Å². The lowest BCUT2D eigenvalue weighted by Crippen LogP contribution is -2.71. The molecule has 200 valence electrons. The molecule has 7 nitrogen and oxygen atoms in total. The van der Waals surface area contributed by atoms with Gasteiger partial charge in [0.2, 0.25) is 5.52 Å². The van der Waals surface area contributed by atoms with E-state index in [1.54, 1.807) is 0 Å². The van der Waals surface area contributed by atoms with Crippen molar-refractivity contribution in [2.45, 2.75) is 5.66 Å². The molecule has 1 unspecified atom stereocenters. The van der Waals surface area contributed by atoms with E-state index in [1.807, 2.05) is 6.20 Å². The number of aromatic nitrogens is 6. The number of ether oxygens (including phenoxy) is 1. The zero-order valence-corrected chi connectivity index (χ0v) is 23.0. The molecule has 10 aromatic rings. The third kappa shape index (κ3) is 1.80. The van der Waals surface area contributed by atoms with Gasteiger partial charge in [0, 0.05) is 27.6 Å². The number of pyridine rings is 2. The molecule has 3 aliphatic rings. The second-order valence-corrected chi connectivity index (χ2v) is 12.2. The summed E-state index contributed by atoms with van der Waals surface area (Å²) in [5.74, 6) is 1.79. The predicted octanol–water partition coefficient (Wildman–Crippen LogP) is 6.51. The van der Waals surface area contributed by atoms with E-state index in [1.165, 1.54) is 65.6 Å². The van der Waals surface area contributed by atoms with E-state index < -0.39 is 5.66 Å². The first kappa shape index (κ1) is 20.7. The quantitative estimate of drug-likeness (QED) is 0.157. The third-order valence-corrected chi connectivity index (χ3v) is 10.6. The normalized spacial score (nSPS) is 17.4. The van der Waals surface area contributed by atoms with Gasteiger partial charge >= 0.3 is 17.0 Å². The summed E-state index contributed by atoms with van der Waals surface area (Å²) >= 11 is 0. The summed E-state index contributed by atoms with van der Waals surface area (Å²) in [6, 6.07) is 37.2. The Morgan fingerprint density at radius 3 is 1.86 bits per heavy atom. The molecular formula is C37H18N6O+2. The second-order valence-electron chi connectivity index (χ2n) is 12.2. The van der Waals surface area contributed by atoms with E-state index in [9.17, 15) is 0 Å². The van der Waals surface area contributed by atoms with Crippen LogP contribution in [-0.4, -0.2) is 19.0 Å². The molecule has 8 heterocycles. The van der Waals surface area contributed by atoms with Gasteiger partial charge in [-0.25, -0.2) is 0 Å². The molecule has 0 saturated heterocycles. The van der Waals surface area contributed by atoms with Crippen LogP contribution in [0.1, 0.15) is 11.1 Å². The number of hydrogen-bond donors (Lipinski definition) is 0. The predicted molar refractivity (Wildman–Crippen MR) is 167 cm³/mol. The van der Waals surface area contributed by atoms with Crippen LogP contribution < -0.4 is 13.9 Å². The number of fused-ring (bicyclic) bond motifs is 12. The van der Waals surface area contributed by atoms with Crippen molar-refractivity contribution in [3.8, 4) is 11.5 Å². The summed E-state index contributed by atoms with van der Waals surface area (Å²) in [6.07, 6.45) is 1.82. The van der Waals surface area contributed by atoms with E-state index >= 15 is 0 Å². The molecule has 5 aromatic heterocycles. The van der Waals surface area contributed by atoms with E-state index in [-0.39, 0.29) is 0 Å². The van der Waals surface area contributed by atoms with Gasteiger partial charge in [0.15, 0.2) is 11.0 Å². The van der Waals surface area contributed by atoms with Gasteiger partial charge < -0.3 is 4.74 Å². The molecule has 0 radical (unpaired) electrons. The van der Waals surface area contributed by atoms with Crippen molar-refractivity contribution in [3.63, 3.8) is 0 Å². The number of benzene rings is 5. The standard InChI is InChI=1S/C37H18N6O/c1-3-9-23-19(7-1)21-13-15-28-32-30(21)35-40(23)25-11-5-6-12-26(25)42(35)37(32)33-29(44-28)16-14-22-20-8-2-4-10-24(20)41-34-27(17-18-38-39-34)43(37)36(41)31(22)33/h1-18H/q+2. The Hall–Kier alpha value is -6.08. The average molecular weight is 563 g/mol. The molecule has 1 atom stereocenters. The first-order valence-corrected chi connectivity index (χ1v) is 14.9. The molecule has 0 amide bonds. The van der Waals surface area contributed by atoms with Gasteiger partial charge in [-0.1, -0.05) is 48.5 Å². The lowest BCUT2D eigenvalue weighted by Gasteiger charge is -2.30. The highest BCUT2D eigenvalue weighted by Crippen LogP contribution is 2.58. The molecule has 0 N–H and O–H groups in total. The van der Waals surface area contributed by atoms with Crippen LogP contribution in [0.25, 0.3) is 76.8 Å². The maximum absolute atomic E-state index is 6.92. The molecule has 0 saturated carbocycles. The maximum Gasteiger partial charge on any atom is 0.316 e. The third-order valence-electron chi connectivity index (χ3n) is 10.6. The van der Waals surface area contributed by atoms with Crippen LogP contribution >= 0.6 is 0 Å².